The topological polar surface area (TPSA) is 97.1 Å². The van der Waals surface area contributed by atoms with Gasteiger partial charge in [0.05, 0.1) is 6.33 Å². The quantitative estimate of drug-likeness (QED) is 0.811. The van der Waals surface area contributed by atoms with Gasteiger partial charge in [0.25, 0.3) is 5.91 Å². The fourth-order valence-electron chi connectivity index (χ4n) is 1.51. The highest BCUT2D eigenvalue weighted by atomic mass is 16.4. The second-order valence-corrected chi connectivity index (χ2v) is 3.79. The summed E-state index contributed by atoms with van der Waals surface area (Å²) in [6, 6.07) is 2.72. The normalized spacial score (nSPS) is 10.1. The predicted molar refractivity (Wildman–Crippen MR) is 65.8 cm³/mol. The third-order valence-electron chi connectivity index (χ3n) is 2.46. The minimum atomic E-state index is -1.16. The number of nitrogens with one attached hydrogen (secondary N) is 1. The van der Waals surface area contributed by atoms with E-state index in [4.69, 9.17) is 5.11 Å². The fourth-order valence-corrected chi connectivity index (χ4v) is 1.51. The molecule has 0 saturated heterocycles. The molecule has 0 aliphatic heterocycles. The Morgan fingerprint density at radius 3 is 2.89 bits per heavy atom. The molecule has 98 valence electrons. The van der Waals surface area contributed by atoms with Crippen LogP contribution in [-0.2, 0) is 6.54 Å². The molecule has 2 rings (SSSR count). The fraction of sp³-hybridized carbons (Fsp3) is 0.167. The highest BCUT2D eigenvalue weighted by Crippen LogP contribution is 2.01. The van der Waals surface area contributed by atoms with Gasteiger partial charge in [-0.15, -0.1) is 0 Å². The van der Waals surface area contributed by atoms with Crippen molar-refractivity contribution in [3.05, 3.63) is 48.3 Å². The molecule has 0 fully saturated rings. The summed E-state index contributed by atoms with van der Waals surface area (Å²) in [6.45, 7) is 1.03. The maximum absolute atomic E-state index is 11.8. The van der Waals surface area contributed by atoms with Gasteiger partial charge in [-0.2, -0.15) is 0 Å². The van der Waals surface area contributed by atoms with Gasteiger partial charge in [0.15, 0.2) is 0 Å². The Kier molecular flexibility index (Phi) is 3.87. The molecule has 2 aromatic rings. The summed E-state index contributed by atoms with van der Waals surface area (Å²) in [5.74, 6) is -1.49. The molecular weight excluding hydrogens is 248 g/mol. The van der Waals surface area contributed by atoms with Crippen LogP contribution in [0.15, 0.2) is 37.1 Å². The number of rotatable bonds is 5. The van der Waals surface area contributed by atoms with E-state index in [1.54, 1.807) is 18.7 Å². The van der Waals surface area contributed by atoms with Crippen molar-refractivity contribution < 1.29 is 14.7 Å². The zero-order valence-corrected chi connectivity index (χ0v) is 9.98. The van der Waals surface area contributed by atoms with Crippen molar-refractivity contribution in [1.82, 2.24) is 19.9 Å². The zero-order chi connectivity index (χ0) is 13.7. The van der Waals surface area contributed by atoms with Crippen LogP contribution in [0, 0.1) is 0 Å². The highest BCUT2D eigenvalue weighted by Gasteiger charge is 2.09. The molecule has 0 bridgehead atoms. The summed E-state index contributed by atoms with van der Waals surface area (Å²) in [4.78, 5) is 30.1. The van der Waals surface area contributed by atoms with Crippen LogP contribution < -0.4 is 5.32 Å². The Bertz CT molecular complexity index is 580. The lowest BCUT2D eigenvalue weighted by atomic mass is 10.2. The van der Waals surface area contributed by atoms with Gasteiger partial charge < -0.3 is 15.0 Å². The molecular formula is C12H12N4O3. The van der Waals surface area contributed by atoms with E-state index in [2.05, 4.69) is 15.3 Å². The Hall–Kier alpha value is -2.70. The third kappa shape index (κ3) is 3.38. The van der Waals surface area contributed by atoms with Crippen molar-refractivity contribution in [3.8, 4) is 0 Å². The van der Waals surface area contributed by atoms with E-state index in [-0.39, 0.29) is 17.2 Å². The van der Waals surface area contributed by atoms with Gasteiger partial charge in [0.1, 0.15) is 5.69 Å². The molecule has 19 heavy (non-hydrogen) atoms. The van der Waals surface area contributed by atoms with Gasteiger partial charge in [0, 0.05) is 37.2 Å². The smallest absolute Gasteiger partial charge is 0.354 e. The number of carbonyl (C=O) groups excluding carboxylic acids is 1. The molecule has 1 amide bonds. The number of hydrogen-bond acceptors (Lipinski definition) is 4. The molecule has 0 saturated carbocycles. The molecule has 0 radical (unpaired) electrons. The number of pyridine rings is 1. The number of imidazole rings is 1. The Balaban J connectivity index is 1.92. The van der Waals surface area contributed by atoms with Crippen LogP contribution in [0.25, 0.3) is 0 Å². The SMILES string of the molecule is O=C(NCCn1ccnc1)c1ccnc(C(=O)O)c1. The first-order valence-electron chi connectivity index (χ1n) is 5.60. The predicted octanol–water partition coefficient (Wildman–Crippen LogP) is 0.406. The van der Waals surface area contributed by atoms with Crippen molar-refractivity contribution in [2.45, 2.75) is 6.54 Å². The van der Waals surface area contributed by atoms with Crippen LogP contribution in [0.4, 0.5) is 0 Å². The monoisotopic (exact) mass is 260 g/mol. The minimum Gasteiger partial charge on any atom is -0.477 e. The Labute approximate surface area is 108 Å². The van der Waals surface area contributed by atoms with Crippen molar-refractivity contribution in [1.29, 1.82) is 0 Å². The first-order chi connectivity index (χ1) is 9.16. The second-order valence-electron chi connectivity index (χ2n) is 3.79. The van der Waals surface area contributed by atoms with E-state index in [0.717, 1.165) is 0 Å². The summed E-state index contributed by atoms with van der Waals surface area (Å²) in [5, 5.41) is 11.5. The van der Waals surface area contributed by atoms with Crippen molar-refractivity contribution >= 4 is 11.9 Å². The molecule has 7 nitrogen and oxygen atoms in total. The zero-order valence-electron chi connectivity index (χ0n) is 9.98. The molecule has 7 heteroatoms. The van der Waals surface area contributed by atoms with Crippen molar-refractivity contribution in [3.63, 3.8) is 0 Å². The lowest BCUT2D eigenvalue weighted by molar-refractivity contribution is 0.0690. The summed E-state index contributed by atoms with van der Waals surface area (Å²) in [6.07, 6.45) is 6.40. The van der Waals surface area contributed by atoms with E-state index in [9.17, 15) is 9.59 Å². The van der Waals surface area contributed by atoms with Gasteiger partial charge in [0.2, 0.25) is 0 Å². The lowest BCUT2D eigenvalue weighted by Gasteiger charge is -2.06. The summed E-state index contributed by atoms with van der Waals surface area (Å²) in [5.41, 5.74) is 0.125. The number of amides is 1. The molecule has 2 aromatic heterocycles. The standard InChI is InChI=1S/C12H12N4O3/c17-11(15-4-6-16-5-3-13-8-16)9-1-2-14-10(7-9)12(18)19/h1-3,5,7-8H,4,6H2,(H,15,17)(H,18,19). The number of nitrogens with zero attached hydrogens (tertiary/aromatic N) is 3. The van der Waals surface area contributed by atoms with E-state index in [0.29, 0.717) is 13.1 Å². The maximum atomic E-state index is 11.8. The maximum Gasteiger partial charge on any atom is 0.354 e. The molecule has 2 N–H and O–H groups in total. The summed E-state index contributed by atoms with van der Waals surface area (Å²) >= 11 is 0. The van der Waals surface area contributed by atoms with Crippen LogP contribution in [0.3, 0.4) is 0 Å². The van der Waals surface area contributed by atoms with E-state index in [1.165, 1.54) is 18.3 Å². The van der Waals surface area contributed by atoms with Crippen LogP contribution in [0.5, 0.6) is 0 Å². The third-order valence-corrected chi connectivity index (χ3v) is 2.46. The average molecular weight is 260 g/mol. The van der Waals surface area contributed by atoms with Crippen LogP contribution in [0.1, 0.15) is 20.8 Å². The summed E-state index contributed by atoms with van der Waals surface area (Å²) < 4.78 is 1.83. The summed E-state index contributed by atoms with van der Waals surface area (Å²) in [7, 11) is 0. The van der Waals surface area contributed by atoms with E-state index in [1.807, 2.05) is 4.57 Å². The molecule has 0 aliphatic rings. The van der Waals surface area contributed by atoms with Crippen LogP contribution in [0.2, 0.25) is 0 Å². The number of carbonyl (C=O) groups is 2. The molecule has 0 unspecified atom stereocenters. The molecule has 0 spiro atoms. The molecule has 0 aliphatic carbocycles. The molecule has 0 aromatic carbocycles. The Morgan fingerprint density at radius 2 is 2.21 bits per heavy atom. The van der Waals surface area contributed by atoms with Crippen LogP contribution >= 0.6 is 0 Å². The molecule has 0 atom stereocenters. The largest absolute Gasteiger partial charge is 0.477 e. The lowest BCUT2D eigenvalue weighted by Crippen LogP contribution is -2.27. The average Bonchev–Trinajstić information content (AvgIpc) is 2.92. The number of carboxylic acid groups (broad SMARTS) is 1. The van der Waals surface area contributed by atoms with Gasteiger partial charge in [-0.3, -0.25) is 4.79 Å². The van der Waals surface area contributed by atoms with E-state index < -0.39 is 5.97 Å². The van der Waals surface area contributed by atoms with Gasteiger partial charge in [-0.05, 0) is 12.1 Å². The van der Waals surface area contributed by atoms with Gasteiger partial charge >= 0.3 is 5.97 Å². The highest BCUT2D eigenvalue weighted by molar-refractivity contribution is 5.96. The van der Waals surface area contributed by atoms with Gasteiger partial charge in [-0.1, -0.05) is 0 Å². The van der Waals surface area contributed by atoms with Gasteiger partial charge in [-0.25, -0.2) is 14.8 Å². The Morgan fingerprint density at radius 1 is 1.37 bits per heavy atom. The second kappa shape index (κ2) is 5.76. The molecule has 2 heterocycles. The van der Waals surface area contributed by atoms with Crippen LogP contribution in [-0.4, -0.2) is 38.1 Å². The first-order valence-corrected chi connectivity index (χ1v) is 5.60. The first kappa shape index (κ1) is 12.7. The number of aromatic nitrogens is 3. The number of aromatic carboxylic acids is 1. The number of hydrogen-bond donors (Lipinski definition) is 2. The minimum absolute atomic E-state index is 0.151. The van der Waals surface area contributed by atoms with E-state index >= 15 is 0 Å². The van der Waals surface area contributed by atoms with Crippen molar-refractivity contribution in [2.75, 3.05) is 6.54 Å². The van der Waals surface area contributed by atoms with Crippen molar-refractivity contribution in [2.24, 2.45) is 0 Å². The number of carboxylic acids is 1.